The number of carbonyl (C=O) groups excluding carboxylic acids is 1. The summed E-state index contributed by atoms with van der Waals surface area (Å²) in [5, 5.41) is 8.97. The fraction of sp³-hybridized carbons (Fsp3) is 0.368. The maximum Gasteiger partial charge on any atom is 0.415 e. The number of aromatic amines is 1. The molecule has 1 saturated heterocycles. The summed E-state index contributed by atoms with van der Waals surface area (Å²) in [6.07, 6.45) is 6.76. The molecule has 0 saturated carbocycles. The number of nitrogens with zero attached hydrogens (tertiary/aromatic N) is 5. The van der Waals surface area contributed by atoms with Crippen LogP contribution in [0.25, 0.3) is 0 Å². The molecule has 3 heterocycles. The topological polar surface area (TPSA) is 88.9 Å². The van der Waals surface area contributed by atoms with Crippen molar-refractivity contribution in [2.45, 2.75) is 34.2 Å². The van der Waals surface area contributed by atoms with E-state index in [4.69, 9.17) is 4.74 Å². The Balaban J connectivity index is 1.23. The molecule has 29 heavy (non-hydrogen) atoms. The van der Waals surface area contributed by atoms with E-state index in [1.807, 2.05) is 42.1 Å². The summed E-state index contributed by atoms with van der Waals surface area (Å²) >= 11 is 3.35. The van der Waals surface area contributed by atoms with Crippen LogP contribution >= 0.6 is 23.5 Å². The van der Waals surface area contributed by atoms with Crippen LogP contribution in [0, 0.1) is 0 Å². The molecule has 0 unspecified atom stereocenters. The molecule has 1 fully saturated rings. The Morgan fingerprint density at radius 3 is 2.69 bits per heavy atom. The molecule has 10 heteroatoms. The van der Waals surface area contributed by atoms with E-state index in [-0.39, 0.29) is 6.09 Å². The molecule has 2 aromatic heterocycles. The smallest absolute Gasteiger partial charge is 0.410 e. The second-order valence-corrected chi connectivity index (χ2v) is 8.95. The van der Waals surface area contributed by atoms with Crippen molar-refractivity contribution >= 4 is 29.6 Å². The SMILES string of the molecule is Cn1ccnc1SCc1ccc(OC(=O)N2CCC(Sc3ncn[nH]3)CC2)cc1. The summed E-state index contributed by atoms with van der Waals surface area (Å²) in [6, 6.07) is 7.66. The maximum atomic E-state index is 12.4. The third-order valence-electron chi connectivity index (χ3n) is 4.64. The first kappa shape index (κ1) is 19.8. The van der Waals surface area contributed by atoms with Crippen LogP contribution in [-0.4, -0.2) is 54.1 Å². The Morgan fingerprint density at radius 2 is 2.03 bits per heavy atom. The van der Waals surface area contributed by atoms with Crippen molar-refractivity contribution < 1.29 is 9.53 Å². The zero-order valence-corrected chi connectivity index (χ0v) is 17.7. The molecule has 1 amide bonds. The van der Waals surface area contributed by atoms with Gasteiger partial charge in [-0.3, -0.25) is 5.10 Å². The number of H-pyrrole nitrogens is 1. The number of benzene rings is 1. The van der Waals surface area contributed by atoms with E-state index in [2.05, 4.69) is 20.2 Å². The van der Waals surface area contributed by atoms with Gasteiger partial charge in [-0.1, -0.05) is 35.7 Å². The van der Waals surface area contributed by atoms with Crippen LogP contribution in [-0.2, 0) is 12.8 Å². The highest BCUT2D eigenvalue weighted by molar-refractivity contribution is 7.99. The van der Waals surface area contributed by atoms with E-state index in [1.54, 1.807) is 34.6 Å². The molecule has 152 valence electrons. The summed E-state index contributed by atoms with van der Waals surface area (Å²) < 4.78 is 7.54. The van der Waals surface area contributed by atoms with Crippen molar-refractivity contribution in [3.05, 3.63) is 48.5 Å². The molecule has 0 radical (unpaired) electrons. The first-order chi connectivity index (χ1) is 14.2. The van der Waals surface area contributed by atoms with Crippen LogP contribution in [0.4, 0.5) is 4.79 Å². The average molecular weight is 431 g/mol. The van der Waals surface area contributed by atoms with E-state index in [9.17, 15) is 4.79 Å². The number of carbonyl (C=O) groups is 1. The number of piperidine rings is 1. The molecule has 1 N–H and O–H groups in total. The zero-order chi connectivity index (χ0) is 20.1. The summed E-state index contributed by atoms with van der Waals surface area (Å²) in [5.41, 5.74) is 1.16. The summed E-state index contributed by atoms with van der Waals surface area (Å²) in [6.45, 7) is 1.37. The number of amides is 1. The van der Waals surface area contributed by atoms with Gasteiger partial charge in [0.2, 0.25) is 0 Å². The highest BCUT2D eigenvalue weighted by atomic mass is 32.2. The van der Waals surface area contributed by atoms with Crippen molar-refractivity contribution in [2.24, 2.45) is 7.05 Å². The lowest BCUT2D eigenvalue weighted by Crippen LogP contribution is -2.40. The van der Waals surface area contributed by atoms with Gasteiger partial charge >= 0.3 is 6.09 Å². The van der Waals surface area contributed by atoms with Crippen molar-refractivity contribution in [1.29, 1.82) is 0 Å². The Morgan fingerprint density at radius 1 is 1.24 bits per heavy atom. The molecule has 8 nitrogen and oxygen atoms in total. The van der Waals surface area contributed by atoms with E-state index >= 15 is 0 Å². The second kappa shape index (κ2) is 9.36. The van der Waals surface area contributed by atoms with Crippen LogP contribution in [0.15, 0.2) is 53.3 Å². The number of ether oxygens (including phenoxy) is 1. The number of hydrogen-bond donors (Lipinski definition) is 1. The van der Waals surface area contributed by atoms with E-state index in [1.165, 1.54) is 6.33 Å². The minimum Gasteiger partial charge on any atom is -0.410 e. The molecule has 0 atom stereocenters. The number of aryl methyl sites for hydroxylation is 1. The van der Waals surface area contributed by atoms with Crippen molar-refractivity contribution in [3.63, 3.8) is 0 Å². The Kier molecular flexibility index (Phi) is 6.40. The van der Waals surface area contributed by atoms with Gasteiger partial charge in [0.15, 0.2) is 10.3 Å². The highest BCUT2D eigenvalue weighted by Gasteiger charge is 2.25. The lowest BCUT2D eigenvalue weighted by atomic mass is 10.1. The van der Waals surface area contributed by atoms with Crippen molar-refractivity contribution in [1.82, 2.24) is 29.6 Å². The molecular formula is C19H22N6O2S2. The van der Waals surface area contributed by atoms with Gasteiger partial charge < -0.3 is 14.2 Å². The minimum absolute atomic E-state index is 0.289. The van der Waals surface area contributed by atoms with E-state index in [0.29, 0.717) is 24.1 Å². The van der Waals surface area contributed by atoms with Gasteiger partial charge in [-0.2, -0.15) is 5.10 Å². The molecule has 0 bridgehead atoms. The third kappa shape index (κ3) is 5.33. The number of thioether (sulfide) groups is 2. The second-order valence-electron chi connectivity index (χ2n) is 6.72. The van der Waals surface area contributed by atoms with Gasteiger partial charge in [0, 0.05) is 43.5 Å². The van der Waals surface area contributed by atoms with Gasteiger partial charge in [0.05, 0.1) is 0 Å². The predicted molar refractivity (Wildman–Crippen MR) is 112 cm³/mol. The van der Waals surface area contributed by atoms with Gasteiger partial charge in [0.1, 0.15) is 12.1 Å². The summed E-state index contributed by atoms with van der Waals surface area (Å²) in [4.78, 5) is 22.7. The normalized spacial score (nSPS) is 14.9. The first-order valence-electron chi connectivity index (χ1n) is 9.35. The summed E-state index contributed by atoms with van der Waals surface area (Å²) in [7, 11) is 1.98. The monoisotopic (exact) mass is 430 g/mol. The molecule has 3 aromatic rings. The fourth-order valence-corrected chi connectivity index (χ4v) is 4.89. The number of rotatable bonds is 6. The number of imidazole rings is 1. The quantitative estimate of drug-likeness (QED) is 0.598. The molecule has 1 aliphatic rings. The third-order valence-corrected chi connectivity index (χ3v) is 7.00. The van der Waals surface area contributed by atoms with Gasteiger partial charge in [0.25, 0.3) is 0 Å². The highest BCUT2D eigenvalue weighted by Crippen LogP contribution is 2.28. The Hall–Kier alpha value is -2.46. The molecule has 4 rings (SSSR count). The van der Waals surface area contributed by atoms with Crippen LogP contribution in [0.3, 0.4) is 0 Å². The largest absolute Gasteiger partial charge is 0.415 e. The van der Waals surface area contributed by atoms with Gasteiger partial charge in [-0.15, -0.1) is 0 Å². The standard InChI is InChI=1S/C19H22N6O2S2/c1-24-11-8-20-18(24)28-12-14-2-4-15(5-3-14)27-19(26)25-9-6-16(7-10-25)29-17-21-13-22-23-17/h2-5,8,11,13,16H,6-7,9-10,12H2,1H3,(H,21,22,23). The predicted octanol–water partition coefficient (Wildman–Crippen LogP) is 3.59. The molecular weight excluding hydrogens is 408 g/mol. The van der Waals surface area contributed by atoms with Gasteiger partial charge in [-0.25, -0.2) is 14.8 Å². The fourth-order valence-electron chi connectivity index (χ4n) is 3.02. The van der Waals surface area contributed by atoms with Crippen molar-refractivity contribution in [3.8, 4) is 5.75 Å². The van der Waals surface area contributed by atoms with Crippen LogP contribution < -0.4 is 4.74 Å². The summed E-state index contributed by atoms with van der Waals surface area (Å²) in [5.74, 6) is 1.38. The Bertz CT molecular complexity index is 921. The van der Waals surface area contributed by atoms with Crippen molar-refractivity contribution in [2.75, 3.05) is 13.1 Å². The number of hydrogen-bond acceptors (Lipinski definition) is 7. The molecule has 0 aliphatic carbocycles. The Labute approximate surface area is 177 Å². The molecule has 0 spiro atoms. The van der Waals surface area contributed by atoms with Crippen LogP contribution in [0.5, 0.6) is 5.75 Å². The lowest BCUT2D eigenvalue weighted by Gasteiger charge is -2.30. The lowest BCUT2D eigenvalue weighted by molar-refractivity contribution is 0.143. The minimum atomic E-state index is -0.289. The maximum absolute atomic E-state index is 12.4. The van der Waals surface area contributed by atoms with Crippen LogP contribution in [0.1, 0.15) is 18.4 Å². The average Bonchev–Trinajstić information content (AvgIpc) is 3.39. The number of aromatic nitrogens is 5. The first-order valence-corrected chi connectivity index (χ1v) is 11.2. The van der Waals surface area contributed by atoms with Crippen LogP contribution in [0.2, 0.25) is 0 Å². The number of nitrogens with one attached hydrogen (secondary N) is 1. The van der Waals surface area contributed by atoms with E-state index < -0.39 is 0 Å². The van der Waals surface area contributed by atoms with E-state index in [0.717, 1.165) is 34.5 Å². The zero-order valence-electron chi connectivity index (χ0n) is 16.0. The van der Waals surface area contributed by atoms with Gasteiger partial charge in [-0.05, 0) is 30.5 Å². The number of likely N-dealkylation sites (tertiary alicyclic amines) is 1. The molecule has 1 aromatic carbocycles. The molecule has 1 aliphatic heterocycles.